The van der Waals surface area contributed by atoms with Crippen LogP contribution in [0.3, 0.4) is 0 Å². The van der Waals surface area contributed by atoms with Crippen LogP contribution in [-0.2, 0) is 0 Å². The Labute approximate surface area is 286 Å². The molecule has 0 aliphatic heterocycles. The molecule has 0 atom stereocenters. The molecule has 0 saturated carbocycles. The lowest BCUT2D eigenvalue weighted by Crippen LogP contribution is -2.00. The molecule has 0 unspecified atom stereocenters. The van der Waals surface area contributed by atoms with Gasteiger partial charge < -0.3 is 9.13 Å². The standard InChI is InChI=1S/C43H27N7/c1-4-12-28(13-5-1)41-46-42(29-14-6-2-7-15-29)48-43(47-41)30-20-22-32(23-21-30)50-37-25-24-36-39(40(37)34-26-44-45-27-38(34)50)33-18-10-11-19-35(33)49(36)31-16-8-3-9-17-31/h1-27H. The number of benzene rings is 6. The van der Waals surface area contributed by atoms with E-state index in [0.29, 0.717) is 17.5 Å². The van der Waals surface area contributed by atoms with Crippen molar-refractivity contribution < 1.29 is 0 Å². The third kappa shape index (κ3) is 4.41. The van der Waals surface area contributed by atoms with Gasteiger partial charge in [0.2, 0.25) is 0 Å². The second-order valence-corrected chi connectivity index (χ2v) is 12.3. The van der Waals surface area contributed by atoms with Crippen molar-refractivity contribution in [1.29, 1.82) is 0 Å². The van der Waals surface area contributed by atoms with Gasteiger partial charge in [0.1, 0.15) is 0 Å². The molecular weight excluding hydrogens is 615 g/mol. The van der Waals surface area contributed by atoms with E-state index in [2.05, 4.69) is 110 Å². The maximum atomic E-state index is 4.93. The zero-order chi connectivity index (χ0) is 33.0. The van der Waals surface area contributed by atoms with Crippen molar-refractivity contribution in [3.8, 4) is 45.5 Å². The molecule has 10 rings (SSSR count). The fourth-order valence-corrected chi connectivity index (χ4v) is 7.15. The SMILES string of the molecule is c1ccc(-c2nc(-c3ccccc3)nc(-c3ccc(-n4c5cnncc5c5c6c7ccccc7n(-c7ccccc7)c6ccc54)cc3)n2)cc1. The molecular formula is C43H27N7. The highest BCUT2D eigenvalue weighted by Crippen LogP contribution is 2.42. The fourth-order valence-electron chi connectivity index (χ4n) is 7.15. The number of nitrogens with zero attached hydrogens (tertiary/aromatic N) is 7. The average Bonchev–Trinajstić information content (AvgIpc) is 3.72. The number of rotatable bonds is 5. The molecule has 0 fully saturated rings. The van der Waals surface area contributed by atoms with Crippen LogP contribution in [-0.4, -0.2) is 34.3 Å². The monoisotopic (exact) mass is 641 g/mol. The maximum Gasteiger partial charge on any atom is 0.164 e. The minimum Gasteiger partial charge on any atom is -0.309 e. The molecule has 0 bridgehead atoms. The Bertz CT molecular complexity index is 2780. The number of para-hydroxylation sites is 2. The summed E-state index contributed by atoms with van der Waals surface area (Å²) in [5, 5.41) is 13.3. The molecule has 0 radical (unpaired) electrons. The van der Waals surface area contributed by atoms with Crippen molar-refractivity contribution in [3.63, 3.8) is 0 Å². The van der Waals surface area contributed by atoms with Crippen LogP contribution in [0.2, 0.25) is 0 Å². The van der Waals surface area contributed by atoms with Crippen molar-refractivity contribution >= 4 is 43.6 Å². The molecule has 10 aromatic rings. The summed E-state index contributed by atoms with van der Waals surface area (Å²) in [6.45, 7) is 0. The van der Waals surface area contributed by atoms with Crippen LogP contribution in [0, 0.1) is 0 Å². The van der Waals surface area contributed by atoms with E-state index in [0.717, 1.165) is 60.9 Å². The lowest BCUT2D eigenvalue weighted by molar-refractivity contribution is 1.04. The Hall–Kier alpha value is -6.99. The zero-order valence-electron chi connectivity index (χ0n) is 26.7. The largest absolute Gasteiger partial charge is 0.309 e. The van der Waals surface area contributed by atoms with Crippen molar-refractivity contribution in [2.45, 2.75) is 0 Å². The van der Waals surface area contributed by atoms with E-state index < -0.39 is 0 Å². The summed E-state index contributed by atoms with van der Waals surface area (Å²) in [5.41, 5.74) is 9.31. The Morgan fingerprint density at radius 3 is 1.40 bits per heavy atom. The Morgan fingerprint density at radius 2 is 0.780 bits per heavy atom. The lowest BCUT2D eigenvalue weighted by Gasteiger charge is -2.11. The van der Waals surface area contributed by atoms with Gasteiger partial charge in [-0.3, -0.25) is 0 Å². The first kappa shape index (κ1) is 28.1. The van der Waals surface area contributed by atoms with Crippen molar-refractivity contribution in [2.75, 3.05) is 0 Å². The molecule has 0 saturated heterocycles. The summed E-state index contributed by atoms with van der Waals surface area (Å²) in [5.74, 6) is 1.89. The van der Waals surface area contributed by atoms with E-state index in [1.165, 1.54) is 10.8 Å². The van der Waals surface area contributed by atoms with Crippen molar-refractivity contribution in [1.82, 2.24) is 34.3 Å². The Balaban J connectivity index is 1.16. The van der Waals surface area contributed by atoms with E-state index in [-0.39, 0.29) is 0 Å². The van der Waals surface area contributed by atoms with Crippen LogP contribution in [0.4, 0.5) is 0 Å². The minimum atomic E-state index is 0.618. The van der Waals surface area contributed by atoms with Gasteiger partial charge in [-0.15, -0.1) is 0 Å². The molecule has 0 aliphatic carbocycles. The maximum absolute atomic E-state index is 4.93. The van der Waals surface area contributed by atoms with Gasteiger partial charge in [0.25, 0.3) is 0 Å². The van der Waals surface area contributed by atoms with Crippen LogP contribution in [0.15, 0.2) is 164 Å². The molecule has 0 aliphatic rings. The van der Waals surface area contributed by atoms with Gasteiger partial charge in [-0.25, -0.2) is 15.0 Å². The molecule has 50 heavy (non-hydrogen) atoms. The fraction of sp³-hybridized carbons (Fsp3) is 0. The minimum absolute atomic E-state index is 0.618. The first-order valence-corrected chi connectivity index (χ1v) is 16.5. The molecule has 7 nitrogen and oxygen atoms in total. The molecule has 4 aromatic heterocycles. The van der Waals surface area contributed by atoms with Crippen LogP contribution in [0.25, 0.3) is 89.2 Å². The van der Waals surface area contributed by atoms with E-state index >= 15 is 0 Å². The smallest absolute Gasteiger partial charge is 0.164 e. The average molecular weight is 642 g/mol. The highest BCUT2D eigenvalue weighted by molar-refractivity contribution is 6.28. The quantitative estimate of drug-likeness (QED) is 0.187. The summed E-state index contributed by atoms with van der Waals surface area (Å²) >= 11 is 0. The number of hydrogen-bond donors (Lipinski definition) is 0. The zero-order valence-corrected chi connectivity index (χ0v) is 26.7. The van der Waals surface area contributed by atoms with Crippen LogP contribution in [0.1, 0.15) is 0 Å². The summed E-state index contributed by atoms with van der Waals surface area (Å²) < 4.78 is 4.62. The van der Waals surface area contributed by atoms with Gasteiger partial charge in [0.15, 0.2) is 17.5 Å². The first-order chi connectivity index (χ1) is 24.8. The summed E-state index contributed by atoms with van der Waals surface area (Å²) in [6, 6.07) is 52.1. The van der Waals surface area contributed by atoms with Crippen LogP contribution >= 0.6 is 0 Å². The van der Waals surface area contributed by atoms with Crippen LogP contribution < -0.4 is 0 Å². The Kier molecular flexibility index (Phi) is 6.35. The van der Waals surface area contributed by atoms with Crippen molar-refractivity contribution in [2.24, 2.45) is 0 Å². The van der Waals surface area contributed by atoms with Gasteiger partial charge in [-0.1, -0.05) is 97.1 Å². The molecule has 0 amide bonds. The molecule has 6 aromatic carbocycles. The van der Waals surface area contributed by atoms with E-state index in [4.69, 9.17) is 15.0 Å². The summed E-state index contributed by atoms with van der Waals surface area (Å²) in [6.07, 6.45) is 3.74. The van der Waals surface area contributed by atoms with E-state index in [9.17, 15) is 0 Å². The highest BCUT2D eigenvalue weighted by Gasteiger charge is 2.21. The predicted molar refractivity (Wildman–Crippen MR) is 200 cm³/mol. The van der Waals surface area contributed by atoms with E-state index in [1.54, 1.807) is 0 Å². The normalized spacial score (nSPS) is 11.6. The topological polar surface area (TPSA) is 74.3 Å². The van der Waals surface area contributed by atoms with Gasteiger partial charge in [0, 0.05) is 49.6 Å². The van der Waals surface area contributed by atoms with Crippen molar-refractivity contribution in [3.05, 3.63) is 164 Å². The van der Waals surface area contributed by atoms with Gasteiger partial charge in [-0.05, 0) is 54.6 Å². The van der Waals surface area contributed by atoms with E-state index in [1.807, 2.05) is 73.1 Å². The predicted octanol–water partition coefficient (Wildman–Crippen LogP) is 9.86. The molecule has 7 heteroatoms. The number of fused-ring (bicyclic) bond motifs is 7. The van der Waals surface area contributed by atoms with Gasteiger partial charge in [-0.2, -0.15) is 10.2 Å². The highest BCUT2D eigenvalue weighted by atomic mass is 15.1. The molecule has 4 heterocycles. The number of hydrogen-bond acceptors (Lipinski definition) is 5. The third-order valence-corrected chi connectivity index (χ3v) is 9.37. The summed E-state index contributed by atoms with van der Waals surface area (Å²) in [4.78, 5) is 14.7. The molecule has 0 N–H and O–H groups in total. The first-order valence-electron chi connectivity index (χ1n) is 16.5. The molecule has 0 spiro atoms. The number of aromatic nitrogens is 7. The summed E-state index contributed by atoms with van der Waals surface area (Å²) in [7, 11) is 0. The molecule has 234 valence electrons. The Morgan fingerprint density at radius 1 is 0.320 bits per heavy atom. The van der Waals surface area contributed by atoms with Gasteiger partial charge >= 0.3 is 0 Å². The second-order valence-electron chi connectivity index (χ2n) is 12.3. The van der Waals surface area contributed by atoms with Crippen LogP contribution in [0.5, 0.6) is 0 Å². The lowest BCUT2D eigenvalue weighted by atomic mass is 10.1. The second kappa shape index (κ2) is 11.3. The third-order valence-electron chi connectivity index (χ3n) is 9.37. The van der Waals surface area contributed by atoms with Gasteiger partial charge in [0.05, 0.1) is 34.5 Å².